The molecule has 1 saturated heterocycles. The Hall–Kier alpha value is -2.22. The first-order valence-corrected chi connectivity index (χ1v) is 9.65. The normalized spacial score (nSPS) is 25.1. The van der Waals surface area contributed by atoms with Crippen LogP contribution in [-0.4, -0.2) is 57.1 Å². The van der Waals surface area contributed by atoms with Gasteiger partial charge in [-0.3, -0.25) is 9.36 Å². The van der Waals surface area contributed by atoms with E-state index >= 15 is 0 Å². The number of rotatable bonds is 6. The zero-order chi connectivity index (χ0) is 19.7. The zero-order valence-corrected chi connectivity index (χ0v) is 17.1. The first-order chi connectivity index (χ1) is 12.9. The SMILES string of the molecule is CCC1OC(n2cnc3c(NC)nc(CCN(C)C(C)=O)nc32)C(C)C1C. The van der Waals surface area contributed by atoms with E-state index in [1.54, 1.807) is 25.2 Å². The molecule has 27 heavy (non-hydrogen) atoms. The van der Waals surface area contributed by atoms with Crippen LogP contribution in [0.25, 0.3) is 11.2 Å². The van der Waals surface area contributed by atoms with E-state index in [-0.39, 0.29) is 18.2 Å². The van der Waals surface area contributed by atoms with Crippen molar-refractivity contribution >= 4 is 22.9 Å². The lowest BCUT2D eigenvalue weighted by Gasteiger charge is -2.18. The van der Waals surface area contributed by atoms with Crippen molar-refractivity contribution in [2.75, 3.05) is 26.0 Å². The number of fused-ring (bicyclic) bond motifs is 1. The van der Waals surface area contributed by atoms with E-state index in [0.29, 0.717) is 36.4 Å². The quantitative estimate of drug-likeness (QED) is 0.836. The van der Waals surface area contributed by atoms with E-state index in [4.69, 9.17) is 9.72 Å². The second-order valence-corrected chi connectivity index (χ2v) is 7.44. The molecule has 1 N–H and O–H groups in total. The lowest BCUT2D eigenvalue weighted by Crippen LogP contribution is -2.26. The van der Waals surface area contributed by atoms with Gasteiger partial charge >= 0.3 is 0 Å². The largest absolute Gasteiger partial charge is 0.371 e. The summed E-state index contributed by atoms with van der Waals surface area (Å²) in [5.41, 5.74) is 1.51. The molecule has 8 heteroatoms. The molecule has 4 atom stereocenters. The number of aromatic nitrogens is 4. The Kier molecular flexibility index (Phi) is 5.64. The Morgan fingerprint density at radius 1 is 1.33 bits per heavy atom. The highest BCUT2D eigenvalue weighted by Gasteiger charge is 2.39. The molecule has 0 saturated carbocycles. The number of ether oxygens (including phenoxy) is 1. The monoisotopic (exact) mass is 374 g/mol. The van der Waals surface area contributed by atoms with Crippen LogP contribution in [0.4, 0.5) is 5.82 Å². The Labute approximate surface area is 160 Å². The van der Waals surface area contributed by atoms with Gasteiger partial charge in [0.05, 0.1) is 12.4 Å². The summed E-state index contributed by atoms with van der Waals surface area (Å²) in [6, 6.07) is 0. The number of nitrogens with zero attached hydrogens (tertiary/aromatic N) is 5. The summed E-state index contributed by atoms with van der Waals surface area (Å²) >= 11 is 0. The summed E-state index contributed by atoms with van der Waals surface area (Å²) in [7, 11) is 3.61. The Morgan fingerprint density at radius 2 is 2.07 bits per heavy atom. The molecule has 0 spiro atoms. The zero-order valence-electron chi connectivity index (χ0n) is 17.1. The maximum atomic E-state index is 11.5. The summed E-state index contributed by atoms with van der Waals surface area (Å²) in [4.78, 5) is 27.0. The molecule has 8 nitrogen and oxygen atoms in total. The molecule has 1 fully saturated rings. The Bertz CT molecular complexity index is 820. The molecule has 0 aromatic carbocycles. The van der Waals surface area contributed by atoms with Crippen LogP contribution in [0.1, 0.15) is 46.2 Å². The van der Waals surface area contributed by atoms with Gasteiger partial charge in [-0.25, -0.2) is 15.0 Å². The minimum Gasteiger partial charge on any atom is -0.371 e. The van der Waals surface area contributed by atoms with Crippen molar-refractivity contribution < 1.29 is 9.53 Å². The van der Waals surface area contributed by atoms with Crippen LogP contribution < -0.4 is 5.32 Å². The fraction of sp³-hybridized carbons (Fsp3) is 0.684. The summed E-state index contributed by atoms with van der Waals surface area (Å²) in [5, 5.41) is 3.12. The summed E-state index contributed by atoms with van der Waals surface area (Å²) in [5.74, 6) is 2.26. The van der Waals surface area contributed by atoms with Gasteiger partial charge < -0.3 is 15.0 Å². The number of nitrogens with one attached hydrogen (secondary N) is 1. The highest BCUT2D eigenvalue weighted by Crippen LogP contribution is 2.41. The van der Waals surface area contributed by atoms with Crippen molar-refractivity contribution in [2.45, 2.75) is 52.9 Å². The molecule has 2 aromatic rings. The maximum absolute atomic E-state index is 11.5. The Morgan fingerprint density at radius 3 is 2.67 bits per heavy atom. The molecule has 1 amide bonds. The topological polar surface area (TPSA) is 85.2 Å². The third-order valence-electron chi connectivity index (χ3n) is 5.77. The standard InChI is InChI=1S/C19H30N6O2/c1-7-14-11(2)12(3)19(27-14)25-10-21-16-17(20-5)22-15(23-18(16)25)8-9-24(6)13(4)26/h10-12,14,19H,7-9H2,1-6H3,(H,20,22,23). The molecule has 0 bridgehead atoms. The van der Waals surface area contributed by atoms with Crippen LogP contribution in [0, 0.1) is 11.8 Å². The van der Waals surface area contributed by atoms with Crippen molar-refractivity contribution in [2.24, 2.45) is 11.8 Å². The summed E-state index contributed by atoms with van der Waals surface area (Å²) < 4.78 is 8.35. The van der Waals surface area contributed by atoms with Gasteiger partial charge in [-0.2, -0.15) is 0 Å². The van der Waals surface area contributed by atoms with E-state index in [9.17, 15) is 4.79 Å². The second-order valence-electron chi connectivity index (χ2n) is 7.44. The molecule has 0 aliphatic carbocycles. The van der Waals surface area contributed by atoms with Gasteiger partial charge in [0.2, 0.25) is 5.91 Å². The second kappa shape index (κ2) is 7.80. The number of amides is 1. The van der Waals surface area contributed by atoms with Gasteiger partial charge in [0.25, 0.3) is 0 Å². The molecule has 3 heterocycles. The molecule has 3 rings (SSSR count). The van der Waals surface area contributed by atoms with Gasteiger partial charge in [-0.05, 0) is 12.3 Å². The number of hydrogen-bond donors (Lipinski definition) is 1. The highest BCUT2D eigenvalue weighted by atomic mass is 16.5. The molecular formula is C19H30N6O2. The predicted octanol–water partition coefficient (Wildman–Crippen LogP) is 2.47. The lowest BCUT2D eigenvalue weighted by atomic mass is 9.91. The number of likely N-dealkylation sites (N-methyl/N-ethyl adjacent to an activating group) is 1. The fourth-order valence-electron chi connectivity index (χ4n) is 3.67. The van der Waals surface area contributed by atoms with E-state index in [1.807, 2.05) is 11.6 Å². The fourth-order valence-corrected chi connectivity index (χ4v) is 3.67. The number of carbonyl (C=O) groups is 1. The van der Waals surface area contributed by atoms with Crippen LogP contribution >= 0.6 is 0 Å². The first kappa shape index (κ1) is 19.5. The van der Waals surface area contributed by atoms with Crippen LogP contribution in [0.2, 0.25) is 0 Å². The average molecular weight is 374 g/mol. The van der Waals surface area contributed by atoms with Gasteiger partial charge in [-0.1, -0.05) is 20.8 Å². The summed E-state index contributed by atoms with van der Waals surface area (Å²) in [6.07, 6.45) is 3.55. The van der Waals surface area contributed by atoms with Crippen molar-refractivity contribution in [3.63, 3.8) is 0 Å². The molecule has 148 valence electrons. The molecular weight excluding hydrogens is 344 g/mol. The highest BCUT2D eigenvalue weighted by molar-refractivity contribution is 5.83. The van der Waals surface area contributed by atoms with Gasteiger partial charge in [0.15, 0.2) is 17.0 Å². The van der Waals surface area contributed by atoms with Crippen LogP contribution in [0.5, 0.6) is 0 Å². The van der Waals surface area contributed by atoms with Crippen molar-refractivity contribution in [3.05, 3.63) is 12.2 Å². The number of anilines is 1. The van der Waals surface area contributed by atoms with Crippen molar-refractivity contribution in [1.29, 1.82) is 0 Å². The summed E-state index contributed by atoms with van der Waals surface area (Å²) in [6.45, 7) is 8.76. The van der Waals surface area contributed by atoms with Crippen molar-refractivity contribution in [3.8, 4) is 0 Å². The number of carbonyl (C=O) groups excluding carboxylic acids is 1. The number of imidazole rings is 1. The molecule has 0 radical (unpaired) electrons. The molecule has 2 aromatic heterocycles. The third-order valence-corrected chi connectivity index (χ3v) is 5.77. The maximum Gasteiger partial charge on any atom is 0.219 e. The van der Waals surface area contributed by atoms with Crippen LogP contribution in [-0.2, 0) is 16.0 Å². The Balaban J connectivity index is 1.95. The smallest absolute Gasteiger partial charge is 0.219 e. The van der Waals surface area contributed by atoms with Gasteiger partial charge in [0.1, 0.15) is 12.1 Å². The third kappa shape index (κ3) is 3.63. The average Bonchev–Trinajstić information content (AvgIpc) is 3.20. The molecule has 4 unspecified atom stereocenters. The predicted molar refractivity (Wildman–Crippen MR) is 104 cm³/mol. The minimum absolute atomic E-state index is 0.0303. The lowest BCUT2D eigenvalue weighted by molar-refractivity contribution is -0.127. The van der Waals surface area contributed by atoms with Gasteiger partial charge in [0, 0.05) is 39.9 Å². The van der Waals surface area contributed by atoms with E-state index in [0.717, 1.165) is 17.6 Å². The molecule has 1 aliphatic heterocycles. The van der Waals surface area contributed by atoms with E-state index < -0.39 is 0 Å². The van der Waals surface area contributed by atoms with E-state index in [1.165, 1.54) is 0 Å². The minimum atomic E-state index is -0.0812. The van der Waals surface area contributed by atoms with Crippen LogP contribution in [0.15, 0.2) is 6.33 Å². The number of hydrogen-bond acceptors (Lipinski definition) is 6. The van der Waals surface area contributed by atoms with Crippen molar-refractivity contribution in [1.82, 2.24) is 24.4 Å². The molecule has 1 aliphatic rings. The van der Waals surface area contributed by atoms with Crippen LogP contribution in [0.3, 0.4) is 0 Å². The van der Waals surface area contributed by atoms with E-state index in [2.05, 4.69) is 36.1 Å². The first-order valence-electron chi connectivity index (χ1n) is 9.65. The van der Waals surface area contributed by atoms with Gasteiger partial charge in [-0.15, -0.1) is 0 Å².